The lowest BCUT2D eigenvalue weighted by molar-refractivity contribution is 0.330. The monoisotopic (exact) mass is 233 g/mol. The average molecular weight is 233 g/mol. The van der Waals surface area contributed by atoms with E-state index in [1.54, 1.807) is 0 Å². The highest BCUT2D eigenvalue weighted by Gasteiger charge is 2.19. The van der Waals surface area contributed by atoms with Crippen molar-refractivity contribution in [2.75, 3.05) is 11.1 Å². The minimum Gasteiger partial charge on any atom is -0.397 e. The highest BCUT2D eigenvalue weighted by atomic mass is 15.0. The van der Waals surface area contributed by atoms with Crippen molar-refractivity contribution in [3.8, 4) is 0 Å². The van der Waals surface area contributed by atoms with Crippen LogP contribution in [0.25, 0.3) is 0 Å². The molecule has 1 aliphatic rings. The Hall–Kier alpha value is -1.25. The summed E-state index contributed by atoms with van der Waals surface area (Å²) in [5, 5.41) is 3.53. The number of nitrogens with two attached hydrogens (primary N) is 1. The molecule has 0 bridgehead atoms. The molecule has 0 saturated heterocycles. The van der Waals surface area contributed by atoms with Crippen LogP contribution in [0.1, 0.15) is 44.7 Å². The Kier molecular flexibility index (Phi) is 3.87. The first-order chi connectivity index (χ1) is 8.19. The van der Waals surface area contributed by atoms with Gasteiger partial charge in [-0.3, -0.25) is 0 Å². The van der Waals surface area contributed by atoms with E-state index in [0.29, 0.717) is 6.04 Å². The summed E-state index contributed by atoms with van der Waals surface area (Å²) < 4.78 is 0. The molecule has 0 spiro atoms. The molecule has 1 aromatic heterocycles. The molecule has 94 valence electrons. The molecular formula is C14H23N3. The van der Waals surface area contributed by atoms with Gasteiger partial charge in [0.25, 0.3) is 0 Å². The van der Waals surface area contributed by atoms with Gasteiger partial charge in [-0.25, -0.2) is 4.98 Å². The summed E-state index contributed by atoms with van der Waals surface area (Å²) in [6.45, 7) is 4.25. The van der Waals surface area contributed by atoms with Crippen LogP contribution in [0.2, 0.25) is 0 Å². The second-order valence-corrected chi connectivity index (χ2v) is 5.14. The molecule has 3 N–H and O–H groups in total. The molecule has 1 heterocycles. The van der Waals surface area contributed by atoms with Gasteiger partial charge in [-0.2, -0.15) is 0 Å². The lowest BCUT2D eigenvalue weighted by Crippen LogP contribution is -2.26. The van der Waals surface area contributed by atoms with Crippen LogP contribution in [0.15, 0.2) is 12.1 Å². The maximum absolute atomic E-state index is 5.77. The second kappa shape index (κ2) is 5.39. The third-order valence-electron chi connectivity index (χ3n) is 3.90. The van der Waals surface area contributed by atoms with E-state index in [9.17, 15) is 0 Å². The molecule has 0 atom stereocenters. The number of nitrogens with one attached hydrogen (secondary N) is 1. The van der Waals surface area contributed by atoms with E-state index in [2.05, 4.69) is 17.2 Å². The first-order valence-electron chi connectivity index (χ1n) is 6.68. The lowest BCUT2D eigenvalue weighted by atomic mass is 9.84. The number of nitrogens with zero attached hydrogens (tertiary/aromatic N) is 1. The van der Waals surface area contributed by atoms with Crippen LogP contribution >= 0.6 is 0 Å². The Morgan fingerprint density at radius 3 is 2.59 bits per heavy atom. The summed E-state index contributed by atoms with van der Waals surface area (Å²) in [4.78, 5) is 4.47. The molecule has 1 saturated carbocycles. The van der Waals surface area contributed by atoms with Crippen LogP contribution in [0, 0.1) is 12.8 Å². The summed E-state index contributed by atoms with van der Waals surface area (Å²) >= 11 is 0. The maximum atomic E-state index is 5.77. The molecule has 1 fully saturated rings. The number of nitrogen functional groups attached to an aromatic ring is 1. The number of hydrogen-bond donors (Lipinski definition) is 2. The van der Waals surface area contributed by atoms with Crippen LogP contribution in [-0.4, -0.2) is 11.0 Å². The Morgan fingerprint density at radius 2 is 2.00 bits per heavy atom. The van der Waals surface area contributed by atoms with Crippen molar-refractivity contribution in [1.82, 2.24) is 4.98 Å². The predicted molar refractivity (Wildman–Crippen MR) is 73.0 cm³/mol. The number of hydrogen-bond acceptors (Lipinski definition) is 3. The highest BCUT2D eigenvalue weighted by Crippen LogP contribution is 2.28. The smallest absolute Gasteiger partial charge is 0.126 e. The van der Waals surface area contributed by atoms with E-state index in [-0.39, 0.29) is 0 Å². The zero-order chi connectivity index (χ0) is 12.3. The lowest BCUT2D eigenvalue weighted by Gasteiger charge is -2.28. The second-order valence-electron chi connectivity index (χ2n) is 5.14. The third-order valence-corrected chi connectivity index (χ3v) is 3.90. The molecule has 3 heteroatoms. The van der Waals surface area contributed by atoms with Gasteiger partial charge in [-0.05, 0) is 50.7 Å². The molecule has 0 aromatic carbocycles. The van der Waals surface area contributed by atoms with Crippen molar-refractivity contribution >= 4 is 11.5 Å². The van der Waals surface area contributed by atoms with Gasteiger partial charge < -0.3 is 11.1 Å². The van der Waals surface area contributed by atoms with Gasteiger partial charge in [-0.15, -0.1) is 0 Å². The van der Waals surface area contributed by atoms with E-state index in [1.807, 2.05) is 19.1 Å². The number of aryl methyl sites for hydroxylation is 1. The molecule has 3 nitrogen and oxygen atoms in total. The van der Waals surface area contributed by atoms with Gasteiger partial charge in [-0.1, -0.05) is 13.3 Å². The number of aromatic nitrogens is 1. The van der Waals surface area contributed by atoms with E-state index < -0.39 is 0 Å². The molecule has 0 amide bonds. The summed E-state index contributed by atoms with van der Waals surface area (Å²) in [5.41, 5.74) is 7.45. The van der Waals surface area contributed by atoms with Crippen LogP contribution in [0.5, 0.6) is 0 Å². The predicted octanol–water partition coefficient (Wildman–Crippen LogP) is 3.35. The minimum absolute atomic E-state index is 0.591. The van der Waals surface area contributed by atoms with Crippen molar-refractivity contribution in [2.45, 2.75) is 52.0 Å². The fourth-order valence-corrected chi connectivity index (χ4v) is 2.58. The van der Waals surface area contributed by atoms with Crippen LogP contribution in [0.4, 0.5) is 11.5 Å². The molecule has 0 radical (unpaired) electrons. The standard InChI is InChI=1S/C14H23N3/c1-3-11-4-6-12(7-5-11)17-14-9-8-13(15)10(2)16-14/h8-9,11-12H,3-7,15H2,1-2H3,(H,16,17). The number of pyridine rings is 1. The number of anilines is 2. The zero-order valence-electron chi connectivity index (χ0n) is 10.9. The molecule has 0 aliphatic heterocycles. The normalized spacial score (nSPS) is 24.6. The Labute approximate surface area is 104 Å². The van der Waals surface area contributed by atoms with Gasteiger partial charge in [0.05, 0.1) is 11.4 Å². The molecule has 0 unspecified atom stereocenters. The van der Waals surface area contributed by atoms with Crippen LogP contribution < -0.4 is 11.1 Å². The fourth-order valence-electron chi connectivity index (χ4n) is 2.58. The Morgan fingerprint density at radius 1 is 1.29 bits per heavy atom. The van der Waals surface area contributed by atoms with Crippen LogP contribution in [-0.2, 0) is 0 Å². The van der Waals surface area contributed by atoms with Crippen molar-refractivity contribution in [3.05, 3.63) is 17.8 Å². The van der Waals surface area contributed by atoms with E-state index in [4.69, 9.17) is 5.73 Å². The molecule has 17 heavy (non-hydrogen) atoms. The molecule has 2 rings (SSSR count). The van der Waals surface area contributed by atoms with Crippen molar-refractivity contribution in [3.63, 3.8) is 0 Å². The SMILES string of the molecule is CCC1CCC(Nc2ccc(N)c(C)n2)CC1. The first-order valence-corrected chi connectivity index (χ1v) is 6.68. The van der Waals surface area contributed by atoms with Crippen molar-refractivity contribution < 1.29 is 0 Å². The molecule has 1 aromatic rings. The average Bonchev–Trinajstić information content (AvgIpc) is 2.35. The van der Waals surface area contributed by atoms with E-state index in [1.165, 1.54) is 32.1 Å². The zero-order valence-corrected chi connectivity index (χ0v) is 10.9. The van der Waals surface area contributed by atoms with E-state index >= 15 is 0 Å². The maximum Gasteiger partial charge on any atom is 0.126 e. The van der Waals surface area contributed by atoms with Gasteiger partial charge in [0.2, 0.25) is 0 Å². The van der Waals surface area contributed by atoms with Gasteiger partial charge in [0.1, 0.15) is 5.82 Å². The quantitative estimate of drug-likeness (QED) is 0.841. The largest absolute Gasteiger partial charge is 0.397 e. The van der Waals surface area contributed by atoms with Crippen molar-refractivity contribution in [2.24, 2.45) is 5.92 Å². The number of rotatable bonds is 3. The fraction of sp³-hybridized carbons (Fsp3) is 0.643. The Balaban J connectivity index is 1.91. The Bertz CT molecular complexity index is 368. The summed E-state index contributed by atoms with van der Waals surface area (Å²) in [7, 11) is 0. The van der Waals surface area contributed by atoms with Crippen LogP contribution in [0.3, 0.4) is 0 Å². The summed E-state index contributed by atoms with van der Waals surface area (Å²) in [6.07, 6.45) is 6.56. The summed E-state index contributed by atoms with van der Waals surface area (Å²) in [5.74, 6) is 1.91. The van der Waals surface area contributed by atoms with Crippen molar-refractivity contribution in [1.29, 1.82) is 0 Å². The molecular weight excluding hydrogens is 210 g/mol. The third kappa shape index (κ3) is 3.11. The minimum atomic E-state index is 0.591. The van der Waals surface area contributed by atoms with Gasteiger partial charge in [0.15, 0.2) is 0 Å². The highest BCUT2D eigenvalue weighted by molar-refractivity contribution is 5.49. The molecule has 1 aliphatic carbocycles. The van der Waals surface area contributed by atoms with E-state index in [0.717, 1.165) is 23.1 Å². The topological polar surface area (TPSA) is 50.9 Å². The van der Waals surface area contributed by atoms with Gasteiger partial charge in [0, 0.05) is 6.04 Å². The van der Waals surface area contributed by atoms with Gasteiger partial charge >= 0.3 is 0 Å². The first kappa shape index (κ1) is 12.2. The summed E-state index contributed by atoms with van der Waals surface area (Å²) in [6, 6.07) is 4.50.